The van der Waals surface area contributed by atoms with Gasteiger partial charge in [-0.25, -0.2) is 4.79 Å². The van der Waals surface area contributed by atoms with E-state index in [9.17, 15) is 22.8 Å². The van der Waals surface area contributed by atoms with Crippen molar-refractivity contribution < 1.29 is 22.8 Å². The minimum absolute atomic E-state index is 0.0264. The van der Waals surface area contributed by atoms with Gasteiger partial charge in [-0.2, -0.15) is 18.4 Å². The number of carbonyl (C=O) groups is 2. The number of tetrazole rings is 1. The number of carbonyl (C=O) groups excluding carboxylic acids is 2. The number of para-hydroxylation sites is 1. The molecule has 5 rings (SSSR count). The molecule has 0 unspecified atom stereocenters. The van der Waals surface area contributed by atoms with Gasteiger partial charge in [0.15, 0.2) is 0 Å². The first-order chi connectivity index (χ1) is 19.3. The molecule has 3 amide bonds. The molecular weight excluding hydrogens is 523 g/mol. The van der Waals surface area contributed by atoms with Crippen LogP contribution >= 0.6 is 0 Å². The maximum atomic E-state index is 13.0. The van der Waals surface area contributed by atoms with Gasteiger partial charge >= 0.3 is 12.2 Å². The predicted octanol–water partition coefficient (Wildman–Crippen LogP) is 6.45. The van der Waals surface area contributed by atoms with Gasteiger partial charge in [0.1, 0.15) is 0 Å². The molecular formula is C28H20F3N7O2. The van der Waals surface area contributed by atoms with Crippen LogP contribution in [0.5, 0.6) is 0 Å². The van der Waals surface area contributed by atoms with Crippen molar-refractivity contribution in [2.75, 3.05) is 16.0 Å². The lowest BCUT2D eigenvalue weighted by atomic mass is 10.00. The average molecular weight is 544 g/mol. The van der Waals surface area contributed by atoms with Gasteiger partial charge in [-0.05, 0) is 70.9 Å². The number of halogens is 3. The number of hydrogen-bond donors (Lipinski definition) is 4. The fourth-order valence-corrected chi connectivity index (χ4v) is 3.89. The zero-order chi connectivity index (χ0) is 28.1. The number of amides is 3. The predicted molar refractivity (Wildman–Crippen MR) is 144 cm³/mol. The second-order valence-electron chi connectivity index (χ2n) is 8.55. The van der Waals surface area contributed by atoms with E-state index in [1.165, 1.54) is 12.1 Å². The van der Waals surface area contributed by atoms with Gasteiger partial charge < -0.3 is 16.0 Å². The lowest BCUT2D eigenvalue weighted by Crippen LogP contribution is -2.20. The first-order valence-corrected chi connectivity index (χ1v) is 11.9. The van der Waals surface area contributed by atoms with E-state index >= 15 is 0 Å². The number of alkyl halides is 3. The van der Waals surface area contributed by atoms with Gasteiger partial charge in [0.05, 0.1) is 11.3 Å². The molecule has 12 heteroatoms. The van der Waals surface area contributed by atoms with Gasteiger partial charge in [-0.15, -0.1) is 10.2 Å². The lowest BCUT2D eigenvalue weighted by molar-refractivity contribution is -0.137. The third kappa shape index (κ3) is 6.13. The summed E-state index contributed by atoms with van der Waals surface area (Å²) in [6.07, 6.45) is -4.54. The van der Waals surface area contributed by atoms with Gasteiger partial charge in [-0.1, -0.05) is 42.5 Å². The standard InChI is InChI=1S/C28H20F3N7O2/c29-28(30,31)20-5-4-8-22(16-20)33-27(40)34-24-14-13-19(15-23(24)25-35-37-38-36-25)17-9-11-18(12-10-17)26(39)32-21-6-2-1-3-7-21/h1-16H,(H,32,39)(H2,33,34,40)(H,35,36,37,38). The fraction of sp³-hybridized carbons (Fsp3) is 0.0357. The Morgan fingerprint density at radius 3 is 2.15 bits per heavy atom. The van der Waals surface area contributed by atoms with E-state index < -0.39 is 17.8 Å². The van der Waals surface area contributed by atoms with Crippen molar-refractivity contribution in [2.45, 2.75) is 6.18 Å². The van der Waals surface area contributed by atoms with E-state index in [1.54, 1.807) is 54.6 Å². The van der Waals surface area contributed by atoms with E-state index in [0.717, 1.165) is 23.3 Å². The Kier molecular flexibility index (Phi) is 7.22. The summed E-state index contributed by atoms with van der Waals surface area (Å²) in [4.78, 5) is 25.2. The van der Waals surface area contributed by atoms with Crippen LogP contribution in [-0.4, -0.2) is 32.6 Å². The van der Waals surface area contributed by atoms with Gasteiger partial charge in [0, 0.05) is 22.5 Å². The van der Waals surface area contributed by atoms with Crippen molar-refractivity contribution in [3.05, 3.63) is 108 Å². The smallest absolute Gasteiger partial charge is 0.322 e. The summed E-state index contributed by atoms with van der Waals surface area (Å²) in [5.41, 5.74) is 2.47. The number of urea groups is 1. The summed E-state index contributed by atoms with van der Waals surface area (Å²) >= 11 is 0. The molecule has 4 aromatic carbocycles. The Hall–Kier alpha value is -5.52. The topological polar surface area (TPSA) is 125 Å². The molecule has 1 heterocycles. The number of nitrogens with one attached hydrogen (secondary N) is 4. The Labute approximate surface area is 225 Å². The molecule has 9 nitrogen and oxygen atoms in total. The van der Waals surface area contributed by atoms with Crippen LogP contribution in [0.15, 0.2) is 97.1 Å². The van der Waals surface area contributed by atoms with Crippen molar-refractivity contribution in [1.29, 1.82) is 0 Å². The van der Waals surface area contributed by atoms with Gasteiger partial charge in [0.25, 0.3) is 5.91 Å². The largest absolute Gasteiger partial charge is 0.416 e. The maximum absolute atomic E-state index is 13.0. The van der Waals surface area contributed by atoms with Gasteiger partial charge in [-0.3, -0.25) is 4.79 Å². The van der Waals surface area contributed by atoms with E-state index in [2.05, 4.69) is 36.6 Å². The van der Waals surface area contributed by atoms with E-state index in [0.29, 0.717) is 22.5 Å². The Morgan fingerprint density at radius 2 is 1.45 bits per heavy atom. The average Bonchev–Trinajstić information content (AvgIpc) is 3.49. The SMILES string of the molecule is O=C(Nc1cccc(C(F)(F)F)c1)Nc1ccc(-c2ccc(C(=O)Nc3ccccc3)cc2)cc1-c1nn[nH]n1. The molecule has 40 heavy (non-hydrogen) atoms. The van der Waals surface area contributed by atoms with Crippen LogP contribution in [0, 0.1) is 0 Å². The Bertz CT molecular complexity index is 1640. The van der Waals surface area contributed by atoms with Crippen LogP contribution in [0.1, 0.15) is 15.9 Å². The first-order valence-electron chi connectivity index (χ1n) is 11.9. The van der Waals surface area contributed by atoms with Crippen molar-refractivity contribution in [2.24, 2.45) is 0 Å². The first kappa shape index (κ1) is 26.1. The van der Waals surface area contributed by atoms with E-state index in [1.807, 2.05) is 18.2 Å². The molecule has 0 radical (unpaired) electrons. The van der Waals surface area contributed by atoms with Crippen LogP contribution in [0.3, 0.4) is 0 Å². The maximum Gasteiger partial charge on any atom is 0.416 e. The highest BCUT2D eigenvalue weighted by atomic mass is 19.4. The van der Waals surface area contributed by atoms with Crippen LogP contribution in [0.4, 0.5) is 35.0 Å². The van der Waals surface area contributed by atoms with E-state index in [4.69, 9.17) is 0 Å². The van der Waals surface area contributed by atoms with Crippen LogP contribution in [0.2, 0.25) is 0 Å². The molecule has 0 fully saturated rings. The minimum Gasteiger partial charge on any atom is -0.322 e. The summed E-state index contributed by atoms with van der Waals surface area (Å²) in [5, 5.41) is 21.8. The Morgan fingerprint density at radius 1 is 0.725 bits per heavy atom. The monoisotopic (exact) mass is 543 g/mol. The number of aromatic amines is 1. The molecule has 0 saturated heterocycles. The zero-order valence-electron chi connectivity index (χ0n) is 20.5. The number of H-pyrrole nitrogens is 1. The Balaban J connectivity index is 1.35. The molecule has 200 valence electrons. The molecule has 0 aliphatic carbocycles. The van der Waals surface area contributed by atoms with Crippen LogP contribution in [-0.2, 0) is 6.18 Å². The summed E-state index contributed by atoms with van der Waals surface area (Å²) in [6, 6.07) is 24.7. The number of hydrogen-bond acceptors (Lipinski definition) is 5. The zero-order valence-corrected chi connectivity index (χ0v) is 20.5. The molecule has 4 N–H and O–H groups in total. The number of benzene rings is 4. The lowest BCUT2D eigenvalue weighted by Gasteiger charge is -2.13. The molecule has 0 atom stereocenters. The summed E-state index contributed by atoms with van der Waals surface area (Å²) < 4.78 is 39.1. The molecule has 0 aliphatic rings. The molecule has 0 saturated carbocycles. The molecule has 0 bridgehead atoms. The van der Waals surface area contributed by atoms with Gasteiger partial charge in [0.2, 0.25) is 5.82 Å². The molecule has 5 aromatic rings. The minimum atomic E-state index is -4.54. The summed E-state index contributed by atoms with van der Waals surface area (Å²) in [5.74, 6) is -0.0633. The molecule has 1 aromatic heterocycles. The van der Waals surface area contributed by atoms with Crippen molar-refractivity contribution in [3.63, 3.8) is 0 Å². The third-order valence-electron chi connectivity index (χ3n) is 5.81. The second kappa shape index (κ2) is 11.1. The molecule has 0 aliphatic heterocycles. The number of rotatable bonds is 6. The number of anilines is 3. The van der Waals surface area contributed by atoms with Crippen molar-refractivity contribution in [1.82, 2.24) is 20.6 Å². The molecule has 0 spiro atoms. The number of nitrogens with zero attached hydrogens (tertiary/aromatic N) is 3. The highest BCUT2D eigenvalue weighted by Crippen LogP contribution is 2.32. The fourth-order valence-electron chi connectivity index (χ4n) is 3.89. The third-order valence-corrected chi connectivity index (χ3v) is 5.81. The van der Waals surface area contributed by atoms with Crippen LogP contribution in [0.25, 0.3) is 22.5 Å². The highest BCUT2D eigenvalue weighted by Gasteiger charge is 2.30. The van der Waals surface area contributed by atoms with Crippen molar-refractivity contribution in [3.8, 4) is 22.5 Å². The highest BCUT2D eigenvalue weighted by molar-refractivity contribution is 6.05. The number of aromatic nitrogens is 4. The summed E-state index contributed by atoms with van der Waals surface area (Å²) in [7, 11) is 0. The van der Waals surface area contributed by atoms with Crippen LogP contribution < -0.4 is 16.0 Å². The normalized spacial score (nSPS) is 11.1. The second-order valence-corrected chi connectivity index (χ2v) is 8.55. The quantitative estimate of drug-likeness (QED) is 0.196. The van der Waals surface area contributed by atoms with Crippen molar-refractivity contribution >= 4 is 29.0 Å². The summed E-state index contributed by atoms with van der Waals surface area (Å²) in [6.45, 7) is 0. The van der Waals surface area contributed by atoms with E-state index in [-0.39, 0.29) is 17.4 Å².